The number of hydrogen-bond acceptors (Lipinski definition) is 5. The molecule has 0 spiro atoms. The summed E-state index contributed by atoms with van der Waals surface area (Å²) in [6.45, 7) is 7.46. The second-order valence-electron chi connectivity index (χ2n) is 10.4. The van der Waals surface area contributed by atoms with Gasteiger partial charge in [0.2, 0.25) is 6.19 Å². The van der Waals surface area contributed by atoms with Gasteiger partial charge < -0.3 is 0 Å². The van der Waals surface area contributed by atoms with Gasteiger partial charge in [-0.2, -0.15) is 43.2 Å². The van der Waals surface area contributed by atoms with Gasteiger partial charge in [-0.3, -0.25) is 9.97 Å². The zero-order chi connectivity index (χ0) is 32.4. The molecule has 0 aliphatic carbocycles. The second-order valence-corrected chi connectivity index (χ2v) is 10.4. The number of pyridine rings is 2. The maximum absolute atomic E-state index is 13.0. The van der Waals surface area contributed by atoms with Gasteiger partial charge in [0.1, 0.15) is 11.4 Å². The van der Waals surface area contributed by atoms with Crippen LogP contribution in [0.5, 0.6) is 0 Å². The van der Waals surface area contributed by atoms with E-state index >= 15 is 0 Å². The third-order valence-electron chi connectivity index (χ3n) is 7.88. The number of nitrogens with zero attached hydrogens (tertiary/aromatic N) is 6. The topological polar surface area (TPSA) is 78.6 Å². The molecule has 0 unspecified atom stereocenters. The van der Waals surface area contributed by atoms with Crippen molar-refractivity contribution in [3.05, 3.63) is 119 Å². The Hall–Kier alpha value is -6.14. The van der Waals surface area contributed by atoms with E-state index < -0.39 is 23.7 Å². The third kappa shape index (κ3) is 4.59. The Bertz CT molecular complexity index is 2380. The molecule has 0 aliphatic heterocycles. The van der Waals surface area contributed by atoms with Gasteiger partial charge in [-0.05, 0) is 69.1 Å². The van der Waals surface area contributed by atoms with E-state index in [2.05, 4.69) is 25.0 Å². The fourth-order valence-corrected chi connectivity index (χ4v) is 5.83. The highest BCUT2D eigenvalue weighted by molar-refractivity contribution is 6.21. The third-order valence-corrected chi connectivity index (χ3v) is 7.88. The molecule has 5 aromatic carbocycles. The molecule has 0 N–H and O–H groups in total. The van der Waals surface area contributed by atoms with Gasteiger partial charge in [-0.1, -0.05) is 36.4 Å². The molecule has 0 radical (unpaired) electrons. The molecule has 0 fully saturated rings. The fraction of sp³-hybridized carbons (Fsp3) is 0.0588. The normalized spacial score (nSPS) is 13.2. The predicted octanol–water partition coefficient (Wildman–Crippen LogP) is 8.45. The molecule has 0 saturated carbocycles. The Labute approximate surface area is 254 Å². The summed E-state index contributed by atoms with van der Waals surface area (Å²) in [5.41, 5.74) is 0.0503. The van der Waals surface area contributed by atoms with Crippen LogP contribution in [0.3, 0.4) is 0 Å². The Morgan fingerprint density at radius 2 is 1.00 bits per heavy atom. The van der Waals surface area contributed by atoms with Gasteiger partial charge >= 0.3 is 12.4 Å². The molecule has 2 heterocycles. The van der Waals surface area contributed by atoms with Crippen LogP contribution in [0.15, 0.2) is 95.3 Å². The number of fused-ring (bicyclic) bond motifs is 6. The molecule has 46 heavy (non-hydrogen) atoms. The van der Waals surface area contributed by atoms with Crippen LogP contribution in [0, 0.1) is 18.0 Å². The molecule has 12 heteroatoms. The van der Waals surface area contributed by atoms with Gasteiger partial charge in [0, 0.05) is 45.1 Å². The van der Waals surface area contributed by atoms with Crippen LogP contribution in [-0.2, 0) is 12.4 Å². The molecule has 6 nitrogen and oxygen atoms in total. The first kappa shape index (κ1) is 28.6. The second kappa shape index (κ2) is 10.2. The lowest BCUT2D eigenvalue weighted by atomic mass is 10.0. The molecule has 0 atom stereocenters. The van der Waals surface area contributed by atoms with E-state index in [4.69, 9.17) is 6.57 Å². The summed E-state index contributed by atoms with van der Waals surface area (Å²) in [7, 11) is 0. The Morgan fingerprint density at radius 1 is 0.565 bits per heavy atom. The lowest BCUT2D eigenvalue weighted by Crippen LogP contribution is -2.07. The van der Waals surface area contributed by atoms with Crippen molar-refractivity contribution >= 4 is 43.1 Å². The zero-order valence-electron chi connectivity index (χ0n) is 23.0. The van der Waals surface area contributed by atoms with Crippen LogP contribution in [0.4, 0.5) is 26.3 Å². The Balaban J connectivity index is 1.44. The van der Waals surface area contributed by atoms with Crippen molar-refractivity contribution in [2.75, 3.05) is 0 Å². The molecule has 0 amide bonds. The average molecular weight is 621 g/mol. The molecule has 0 bridgehead atoms. The van der Waals surface area contributed by atoms with Crippen molar-refractivity contribution in [1.82, 2.24) is 9.97 Å². The monoisotopic (exact) mass is 620 g/mol. The van der Waals surface area contributed by atoms with Gasteiger partial charge in [0.05, 0.1) is 10.5 Å². The van der Waals surface area contributed by atoms with E-state index in [1.807, 2.05) is 18.3 Å². The SMILES string of the molecule is [C-]#[N+]/N=c1\c2cc(-c3ccc(C(F)(F)F)nc3)ccc2c2cc3c(=NC#N)c4cc(-c5ccc(C(F)(F)F)nc5)ccc4c3cc12. The van der Waals surface area contributed by atoms with E-state index in [1.54, 1.807) is 36.4 Å². The zero-order valence-corrected chi connectivity index (χ0v) is 23.0. The van der Waals surface area contributed by atoms with Crippen molar-refractivity contribution in [3.8, 4) is 28.4 Å². The van der Waals surface area contributed by atoms with Gasteiger partial charge in [-0.15, -0.1) is 4.95 Å². The number of rotatable bonds is 2. The summed E-state index contributed by atoms with van der Waals surface area (Å²) in [6, 6.07) is 18.7. The highest BCUT2D eigenvalue weighted by atomic mass is 19.4. The molecule has 222 valence electrons. The first-order valence-corrected chi connectivity index (χ1v) is 13.4. The maximum atomic E-state index is 13.0. The lowest BCUT2D eigenvalue weighted by molar-refractivity contribution is -0.141. The Kier molecular flexibility index (Phi) is 6.35. The minimum Gasteiger partial charge on any atom is -0.251 e. The smallest absolute Gasteiger partial charge is 0.251 e. The molecule has 0 aliphatic rings. The van der Waals surface area contributed by atoms with Gasteiger partial charge in [-0.25, -0.2) is 0 Å². The van der Waals surface area contributed by atoms with Crippen LogP contribution in [0.1, 0.15) is 11.4 Å². The largest absolute Gasteiger partial charge is 0.433 e. The average Bonchev–Trinajstić information content (AvgIpc) is 3.50. The highest BCUT2D eigenvalue weighted by Crippen LogP contribution is 2.36. The van der Waals surface area contributed by atoms with Crippen molar-refractivity contribution in [1.29, 1.82) is 5.26 Å². The lowest BCUT2D eigenvalue weighted by Gasteiger charge is -2.07. The van der Waals surface area contributed by atoms with Crippen molar-refractivity contribution < 1.29 is 26.3 Å². The van der Waals surface area contributed by atoms with Crippen molar-refractivity contribution in [2.24, 2.45) is 10.1 Å². The van der Waals surface area contributed by atoms with Crippen LogP contribution in [0.2, 0.25) is 0 Å². The summed E-state index contributed by atoms with van der Waals surface area (Å²) < 4.78 is 78.2. The number of benzene rings is 3. The standard InChI is InChI=1S/C34H14F6N6/c1-42-46-32-26-11-18(20-5-9-30(44-15-20)34(38,39)40)3-7-22(26)24-12-27-23(13-28(24)32)21-6-2-17(10-25(21)31(27)45-16-41)19-4-8-29(43-14-19)33(35,36)37/h2-15H/b45-31?,46-32+. The van der Waals surface area contributed by atoms with Gasteiger partial charge in [0.25, 0.3) is 0 Å². The van der Waals surface area contributed by atoms with E-state index in [1.165, 1.54) is 12.1 Å². The van der Waals surface area contributed by atoms with Crippen molar-refractivity contribution in [2.45, 2.75) is 12.4 Å². The predicted molar refractivity (Wildman–Crippen MR) is 159 cm³/mol. The quantitative estimate of drug-likeness (QED) is 0.0842. The first-order valence-electron chi connectivity index (χ1n) is 13.4. The van der Waals surface area contributed by atoms with Crippen LogP contribution >= 0.6 is 0 Å². The summed E-state index contributed by atoms with van der Waals surface area (Å²) in [6.07, 6.45) is -5.01. The molecular formula is C34H14F6N6. The minimum atomic E-state index is -4.57. The first-order chi connectivity index (χ1) is 22.0. The van der Waals surface area contributed by atoms with E-state index in [0.29, 0.717) is 54.5 Å². The Morgan fingerprint density at radius 3 is 1.41 bits per heavy atom. The van der Waals surface area contributed by atoms with Gasteiger partial charge in [0.15, 0.2) is 5.36 Å². The summed E-state index contributed by atoms with van der Waals surface area (Å²) >= 11 is 0. The minimum absolute atomic E-state index is 0.376. The van der Waals surface area contributed by atoms with Crippen LogP contribution in [-0.4, -0.2) is 9.97 Å². The molecule has 7 rings (SSSR count). The molecule has 2 aromatic heterocycles. The number of alkyl halides is 6. The van der Waals surface area contributed by atoms with Crippen molar-refractivity contribution in [3.63, 3.8) is 0 Å². The fourth-order valence-electron chi connectivity index (χ4n) is 5.83. The molecule has 0 saturated heterocycles. The van der Waals surface area contributed by atoms with E-state index in [0.717, 1.165) is 46.1 Å². The van der Waals surface area contributed by atoms with Crippen LogP contribution < -0.4 is 10.7 Å². The number of nitriles is 1. The highest BCUT2D eigenvalue weighted by Gasteiger charge is 2.33. The van der Waals surface area contributed by atoms with E-state index in [-0.39, 0.29) is 0 Å². The molecular weight excluding hydrogens is 606 g/mol. The summed E-state index contributed by atoms with van der Waals surface area (Å²) in [5, 5.41) is 19.8. The molecule has 7 aromatic rings. The summed E-state index contributed by atoms with van der Waals surface area (Å²) in [4.78, 5) is 14.5. The maximum Gasteiger partial charge on any atom is 0.433 e. The van der Waals surface area contributed by atoms with E-state index in [9.17, 15) is 31.6 Å². The summed E-state index contributed by atoms with van der Waals surface area (Å²) in [5.74, 6) is 0. The number of aromatic nitrogens is 2. The number of hydrogen-bond donors (Lipinski definition) is 0. The van der Waals surface area contributed by atoms with Crippen LogP contribution in [0.25, 0.3) is 70.3 Å². The number of halogens is 6.